The van der Waals surface area contributed by atoms with Gasteiger partial charge in [0, 0.05) is 10.5 Å². The average Bonchev–Trinajstić information content (AvgIpc) is 2.18. The molecule has 1 saturated heterocycles. The van der Waals surface area contributed by atoms with E-state index in [1.54, 1.807) is 0 Å². The molecule has 1 aromatic rings. The molecule has 1 heterocycles. The molecule has 0 saturated carbocycles. The van der Waals surface area contributed by atoms with Crippen LogP contribution in [0.25, 0.3) is 0 Å². The van der Waals surface area contributed by atoms with Crippen molar-refractivity contribution in [3.05, 3.63) is 34.3 Å². The van der Waals surface area contributed by atoms with Gasteiger partial charge in [-0.05, 0) is 44.0 Å². The van der Waals surface area contributed by atoms with Crippen molar-refractivity contribution in [2.45, 2.75) is 31.4 Å². The maximum atomic E-state index is 10.5. The summed E-state index contributed by atoms with van der Waals surface area (Å²) in [4.78, 5) is 0. The molecule has 15 heavy (non-hydrogen) atoms. The molecule has 3 heteroatoms. The Morgan fingerprint density at radius 2 is 2.07 bits per heavy atom. The lowest BCUT2D eigenvalue weighted by Gasteiger charge is -2.36. The zero-order chi connectivity index (χ0) is 10.9. The van der Waals surface area contributed by atoms with Gasteiger partial charge in [-0.25, -0.2) is 0 Å². The average molecular weight is 270 g/mol. The second-order valence-corrected chi connectivity index (χ2v) is 5.26. The number of nitrogens with one attached hydrogen (secondary N) is 1. The van der Waals surface area contributed by atoms with Crippen LogP contribution in [-0.4, -0.2) is 17.7 Å². The third kappa shape index (κ3) is 2.41. The second-order valence-electron chi connectivity index (χ2n) is 4.35. The van der Waals surface area contributed by atoms with Crippen molar-refractivity contribution in [3.63, 3.8) is 0 Å². The summed E-state index contributed by atoms with van der Waals surface area (Å²) in [6.07, 6.45) is 1.58. The summed E-state index contributed by atoms with van der Waals surface area (Å²) in [5, 5.41) is 13.9. The molecule has 2 atom stereocenters. The van der Waals surface area contributed by atoms with Crippen LogP contribution in [0.2, 0.25) is 0 Å². The first-order chi connectivity index (χ1) is 7.10. The Morgan fingerprint density at radius 3 is 2.67 bits per heavy atom. The van der Waals surface area contributed by atoms with Crippen molar-refractivity contribution in [1.82, 2.24) is 5.32 Å². The number of aliphatic hydroxyl groups is 1. The molecule has 2 rings (SSSR count). The molecule has 2 nitrogen and oxygen atoms in total. The highest BCUT2D eigenvalue weighted by Gasteiger charge is 2.33. The maximum absolute atomic E-state index is 10.5. The summed E-state index contributed by atoms with van der Waals surface area (Å²) in [5.41, 5.74) is 0.379. The van der Waals surface area contributed by atoms with E-state index in [1.165, 1.54) is 0 Å². The minimum Gasteiger partial charge on any atom is -0.385 e. The standard InChI is InChI=1S/C12H16BrNO/c1-9-8-12(15,6-7-14-9)10-2-4-11(13)5-3-10/h2-5,9,14-15H,6-8H2,1H3. The molecule has 0 bridgehead atoms. The number of piperidine rings is 1. The van der Waals surface area contributed by atoms with Crippen LogP contribution in [0.15, 0.2) is 28.7 Å². The first-order valence-corrected chi connectivity index (χ1v) is 6.11. The fraction of sp³-hybridized carbons (Fsp3) is 0.500. The second kappa shape index (κ2) is 4.24. The van der Waals surface area contributed by atoms with Gasteiger partial charge in [0.2, 0.25) is 0 Å². The van der Waals surface area contributed by atoms with Gasteiger partial charge in [0.25, 0.3) is 0 Å². The minimum absolute atomic E-state index is 0.382. The van der Waals surface area contributed by atoms with Crippen molar-refractivity contribution < 1.29 is 5.11 Å². The molecular weight excluding hydrogens is 254 g/mol. The molecule has 82 valence electrons. The van der Waals surface area contributed by atoms with Gasteiger partial charge in [-0.3, -0.25) is 0 Å². The lowest BCUT2D eigenvalue weighted by Crippen LogP contribution is -2.44. The van der Waals surface area contributed by atoms with Crippen molar-refractivity contribution in [1.29, 1.82) is 0 Å². The van der Waals surface area contributed by atoms with Crippen LogP contribution in [0.3, 0.4) is 0 Å². The van der Waals surface area contributed by atoms with Crippen LogP contribution in [-0.2, 0) is 5.60 Å². The molecule has 1 fully saturated rings. The highest BCUT2D eigenvalue weighted by Crippen LogP contribution is 2.32. The fourth-order valence-electron chi connectivity index (χ4n) is 2.23. The van der Waals surface area contributed by atoms with Gasteiger partial charge >= 0.3 is 0 Å². The van der Waals surface area contributed by atoms with Crippen molar-refractivity contribution >= 4 is 15.9 Å². The first kappa shape index (κ1) is 11.1. The third-order valence-corrected chi connectivity index (χ3v) is 3.59. The monoisotopic (exact) mass is 269 g/mol. The van der Waals surface area contributed by atoms with Gasteiger partial charge in [-0.1, -0.05) is 28.1 Å². The molecule has 1 aliphatic heterocycles. The molecule has 1 aromatic carbocycles. The summed E-state index contributed by atoms with van der Waals surface area (Å²) < 4.78 is 1.05. The molecule has 0 spiro atoms. The van der Waals surface area contributed by atoms with Crippen LogP contribution in [0.1, 0.15) is 25.3 Å². The van der Waals surface area contributed by atoms with E-state index in [4.69, 9.17) is 0 Å². The van der Waals surface area contributed by atoms with E-state index in [0.717, 1.165) is 29.4 Å². The highest BCUT2D eigenvalue weighted by molar-refractivity contribution is 9.10. The molecular formula is C12H16BrNO. The van der Waals surface area contributed by atoms with E-state index < -0.39 is 5.60 Å². The number of hydrogen-bond donors (Lipinski definition) is 2. The quantitative estimate of drug-likeness (QED) is 0.821. The van der Waals surface area contributed by atoms with Crippen LogP contribution < -0.4 is 5.32 Å². The highest BCUT2D eigenvalue weighted by atomic mass is 79.9. The first-order valence-electron chi connectivity index (χ1n) is 5.32. The van der Waals surface area contributed by atoms with Crippen LogP contribution in [0, 0.1) is 0 Å². The summed E-state index contributed by atoms with van der Waals surface area (Å²) in [6.45, 7) is 3.00. The van der Waals surface area contributed by atoms with E-state index in [1.807, 2.05) is 24.3 Å². The van der Waals surface area contributed by atoms with Gasteiger partial charge in [0.15, 0.2) is 0 Å². The third-order valence-electron chi connectivity index (χ3n) is 3.06. The predicted molar refractivity (Wildman–Crippen MR) is 64.7 cm³/mol. The zero-order valence-electron chi connectivity index (χ0n) is 8.83. The maximum Gasteiger partial charge on any atom is 0.0923 e. The normalized spacial score (nSPS) is 31.5. The Balaban J connectivity index is 2.24. The summed E-state index contributed by atoms with van der Waals surface area (Å²) >= 11 is 3.40. The molecule has 0 radical (unpaired) electrons. The Labute approximate surface area is 98.8 Å². The summed E-state index contributed by atoms with van der Waals surface area (Å²) in [6, 6.07) is 8.36. The number of halogens is 1. The molecule has 2 N–H and O–H groups in total. The van der Waals surface area contributed by atoms with Gasteiger partial charge in [-0.15, -0.1) is 0 Å². The predicted octanol–water partition coefficient (Wildman–Crippen LogP) is 2.41. The van der Waals surface area contributed by atoms with E-state index in [2.05, 4.69) is 28.2 Å². The lowest BCUT2D eigenvalue weighted by molar-refractivity contribution is -0.00647. The van der Waals surface area contributed by atoms with E-state index >= 15 is 0 Å². The number of hydrogen-bond acceptors (Lipinski definition) is 2. The lowest BCUT2D eigenvalue weighted by atomic mass is 9.82. The van der Waals surface area contributed by atoms with Gasteiger partial charge in [-0.2, -0.15) is 0 Å². The number of benzene rings is 1. The van der Waals surface area contributed by atoms with E-state index in [9.17, 15) is 5.11 Å². The molecule has 1 aliphatic rings. The van der Waals surface area contributed by atoms with Crippen LogP contribution in [0.4, 0.5) is 0 Å². The van der Waals surface area contributed by atoms with Gasteiger partial charge in [0.05, 0.1) is 5.60 Å². The van der Waals surface area contributed by atoms with Crippen molar-refractivity contribution in [3.8, 4) is 0 Å². The fourth-order valence-corrected chi connectivity index (χ4v) is 2.49. The summed E-state index contributed by atoms with van der Waals surface area (Å²) in [7, 11) is 0. The molecule has 0 aromatic heterocycles. The van der Waals surface area contributed by atoms with Crippen LogP contribution >= 0.6 is 15.9 Å². The number of rotatable bonds is 1. The Morgan fingerprint density at radius 1 is 1.40 bits per heavy atom. The van der Waals surface area contributed by atoms with Crippen LogP contribution in [0.5, 0.6) is 0 Å². The SMILES string of the molecule is CC1CC(O)(c2ccc(Br)cc2)CCN1. The Kier molecular flexibility index (Phi) is 3.14. The zero-order valence-corrected chi connectivity index (χ0v) is 10.4. The topological polar surface area (TPSA) is 32.3 Å². The summed E-state index contributed by atoms with van der Waals surface area (Å²) in [5.74, 6) is 0. The smallest absolute Gasteiger partial charge is 0.0923 e. The van der Waals surface area contributed by atoms with E-state index in [0.29, 0.717) is 6.04 Å². The van der Waals surface area contributed by atoms with E-state index in [-0.39, 0.29) is 0 Å². The molecule has 0 aliphatic carbocycles. The Bertz CT molecular complexity index is 338. The Hall–Kier alpha value is -0.380. The largest absolute Gasteiger partial charge is 0.385 e. The minimum atomic E-state index is -0.647. The molecule has 2 unspecified atom stereocenters. The van der Waals surface area contributed by atoms with Crippen molar-refractivity contribution in [2.24, 2.45) is 0 Å². The molecule has 0 amide bonds. The van der Waals surface area contributed by atoms with Gasteiger partial charge in [0.1, 0.15) is 0 Å². The van der Waals surface area contributed by atoms with Crippen molar-refractivity contribution in [2.75, 3.05) is 6.54 Å². The van der Waals surface area contributed by atoms with Gasteiger partial charge < -0.3 is 10.4 Å².